The molecule has 158 valence electrons. The number of nitrogens with zero attached hydrogens (tertiary/aromatic N) is 3. The molecular formula is C23H34N4OS. The summed E-state index contributed by atoms with van der Waals surface area (Å²) in [6.45, 7) is 7.90. The average molecular weight is 415 g/mol. The molecule has 1 aliphatic carbocycles. The molecule has 1 N–H and O–H groups in total. The summed E-state index contributed by atoms with van der Waals surface area (Å²) >= 11 is 1.83. The number of thiazole rings is 1. The molecular weight excluding hydrogens is 380 g/mol. The summed E-state index contributed by atoms with van der Waals surface area (Å²) in [5.41, 5.74) is 4.58. The molecule has 0 amide bonds. The number of ether oxygens (including phenoxy) is 1. The lowest BCUT2D eigenvalue weighted by atomic mass is 9.96. The fourth-order valence-electron chi connectivity index (χ4n) is 4.62. The van der Waals surface area contributed by atoms with Gasteiger partial charge in [0.25, 0.3) is 0 Å². The van der Waals surface area contributed by atoms with Gasteiger partial charge >= 0.3 is 0 Å². The Morgan fingerprint density at radius 1 is 1.24 bits per heavy atom. The van der Waals surface area contributed by atoms with Crippen LogP contribution in [0.25, 0.3) is 0 Å². The minimum atomic E-state index is 0.613. The third-order valence-electron chi connectivity index (χ3n) is 6.44. The zero-order valence-corrected chi connectivity index (χ0v) is 18.6. The summed E-state index contributed by atoms with van der Waals surface area (Å²) in [5, 5.41) is 3.95. The molecule has 0 bridgehead atoms. The van der Waals surface area contributed by atoms with Gasteiger partial charge in [0.15, 0.2) is 0 Å². The van der Waals surface area contributed by atoms with Crippen molar-refractivity contribution in [2.75, 3.05) is 44.7 Å². The van der Waals surface area contributed by atoms with Crippen LogP contribution in [0.5, 0.6) is 5.75 Å². The highest BCUT2D eigenvalue weighted by Crippen LogP contribution is 2.28. The van der Waals surface area contributed by atoms with Crippen molar-refractivity contribution in [1.29, 1.82) is 0 Å². The highest BCUT2D eigenvalue weighted by molar-refractivity contribution is 7.09. The molecule has 2 unspecified atom stereocenters. The highest BCUT2D eigenvalue weighted by atomic mass is 32.1. The molecule has 1 aliphatic heterocycles. The van der Waals surface area contributed by atoms with Crippen LogP contribution in [-0.4, -0.2) is 61.8 Å². The van der Waals surface area contributed by atoms with E-state index in [4.69, 9.17) is 4.74 Å². The van der Waals surface area contributed by atoms with Gasteiger partial charge in [-0.25, -0.2) is 4.98 Å². The van der Waals surface area contributed by atoms with Crippen molar-refractivity contribution in [2.24, 2.45) is 0 Å². The Kier molecular flexibility index (Phi) is 7.06. The van der Waals surface area contributed by atoms with Gasteiger partial charge in [0.05, 0.1) is 24.0 Å². The molecule has 29 heavy (non-hydrogen) atoms. The monoisotopic (exact) mass is 414 g/mol. The smallest absolute Gasteiger partial charge is 0.142 e. The first-order chi connectivity index (χ1) is 14.3. The van der Waals surface area contributed by atoms with E-state index in [0.29, 0.717) is 12.1 Å². The van der Waals surface area contributed by atoms with Crippen molar-refractivity contribution in [1.82, 2.24) is 15.2 Å². The highest BCUT2D eigenvalue weighted by Gasteiger charge is 2.24. The Bertz CT molecular complexity index is 772. The Balaban J connectivity index is 1.22. The largest absolute Gasteiger partial charge is 0.495 e. The number of aryl methyl sites for hydroxylation is 1. The maximum Gasteiger partial charge on any atom is 0.142 e. The van der Waals surface area contributed by atoms with E-state index in [1.165, 1.54) is 42.1 Å². The molecule has 1 aromatic carbocycles. The molecule has 2 atom stereocenters. The Morgan fingerprint density at radius 2 is 2.07 bits per heavy atom. The zero-order valence-electron chi connectivity index (χ0n) is 17.8. The van der Waals surface area contributed by atoms with E-state index in [1.54, 1.807) is 7.11 Å². The summed E-state index contributed by atoms with van der Waals surface area (Å²) in [6.07, 6.45) is 5.96. The van der Waals surface area contributed by atoms with E-state index in [9.17, 15) is 0 Å². The lowest BCUT2D eigenvalue weighted by Crippen LogP contribution is -2.48. The zero-order chi connectivity index (χ0) is 20.1. The van der Waals surface area contributed by atoms with E-state index in [2.05, 4.69) is 45.2 Å². The molecule has 5 nitrogen and oxygen atoms in total. The minimum absolute atomic E-state index is 0.613. The van der Waals surface area contributed by atoms with Gasteiger partial charge in [-0.1, -0.05) is 19.1 Å². The maximum atomic E-state index is 5.54. The molecule has 2 heterocycles. The van der Waals surface area contributed by atoms with Crippen molar-refractivity contribution in [3.05, 3.63) is 40.3 Å². The minimum Gasteiger partial charge on any atom is -0.495 e. The number of anilines is 1. The third-order valence-corrected chi connectivity index (χ3v) is 7.34. The summed E-state index contributed by atoms with van der Waals surface area (Å²) in [6, 6.07) is 9.60. The summed E-state index contributed by atoms with van der Waals surface area (Å²) in [7, 11) is 1.76. The number of piperazine rings is 1. The molecule has 1 fully saturated rings. The van der Waals surface area contributed by atoms with Crippen LogP contribution in [0, 0.1) is 0 Å². The van der Waals surface area contributed by atoms with Crippen molar-refractivity contribution < 1.29 is 4.74 Å². The molecule has 6 heteroatoms. The number of methoxy groups -OCH3 is 1. The first kappa shape index (κ1) is 20.6. The Labute approximate surface area is 179 Å². The van der Waals surface area contributed by atoms with Gasteiger partial charge in [0.1, 0.15) is 5.75 Å². The molecule has 0 radical (unpaired) electrons. The van der Waals surface area contributed by atoms with Crippen molar-refractivity contribution >= 4 is 17.0 Å². The number of fused-ring (bicyclic) bond motifs is 1. The first-order valence-corrected chi connectivity index (χ1v) is 11.9. The van der Waals surface area contributed by atoms with Gasteiger partial charge < -0.3 is 15.0 Å². The van der Waals surface area contributed by atoms with Crippen LogP contribution in [0.3, 0.4) is 0 Å². The standard InChI is InChI=1S/C23H34N4OS/c1-3-18(25-19-8-9-20-23(16-19)29-17-24-20)10-11-26-12-14-27(15-13-26)21-6-4-5-7-22(21)28-2/h4-7,17-19,25H,3,8-16H2,1-2H3. The van der Waals surface area contributed by atoms with Crippen molar-refractivity contribution in [2.45, 2.75) is 51.1 Å². The molecule has 1 aromatic heterocycles. The number of aromatic nitrogens is 1. The predicted octanol–water partition coefficient (Wildman–Crippen LogP) is 3.59. The van der Waals surface area contributed by atoms with Gasteiger partial charge in [-0.05, 0) is 50.8 Å². The summed E-state index contributed by atoms with van der Waals surface area (Å²) in [5.74, 6) is 0.979. The second-order valence-corrected chi connectivity index (χ2v) is 9.16. The molecule has 2 aliphatic rings. The van der Waals surface area contributed by atoms with E-state index in [1.807, 2.05) is 22.9 Å². The first-order valence-electron chi connectivity index (χ1n) is 11.0. The number of para-hydroxylation sites is 2. The van der Waals surface area contributed by atoms with E-state index in [0.717, 1.165) is 44.8 Å². The Hall–Kier alpha value is -1.63. The van der Waals surface area contributed by atoms with Gasteiger partial charge in [0.2, 0.25) is 0 Å². The normalized spacial score (nSPS) is 21.0. The van der Waals surface area contributed by atoms with Gasteiger partial charge in [-0.15, -0.1) is 11.3 Å². The predicted molar refractivity (Wildman–Crippen MR) is 121 cm³/mol. The number of hydrogen-bond donors (Lipinski definition) is 1. The average Bonchev–Trinajstić information content (AvgIpc) is 3.25. The van der Waals surface area contributed by atoms with Gasteiger partial charge in [0, 0.05) is 43.1 Å². The summed E-state index contributed by atoms with van der Waals surface area (Å²) in [4.78, 5) is 11.1. The molecule has 2 aromatic rings. The fraction of sp³-hybridized carbons (Fsp3) is 0.609. The van der Waals surface area contributed by atoms with E-state index in [-0.39, 0.29) is 0 Å². The number of nitrogens with one attached hydrogen (secondary N) is 1. The topological polar surface area (TPSA) is 40.6 Å². The SMILES string of the molecule is CCC(CCN1CCN(c2ccccc2OC)CC1)NC1CCc2ncsc2C1. The lowest BCUT2D eigenvalue weighted by molar-refractivity contribution is 0.235. The van der Waals surface area contributed by atoms with Crippen LogP contribution in [0.4, 0.5) is 5.69 Å². The summed E-state index contributed by atoms with van der Waals surface area (Å²) < 4.78 is 5.54. The van der Waals surface area contributed by atoms with Crippen LogP contribution in [-0.2, 0) is 12.8 Å². The lowest BCUT2D eigenvalue weighted by Gasteiger charge is -2.37. The van der Waals surface area contributed by atoms with Gasteiger partial charge in [-0.2, -0.15) is 0 Å². The molecule has 0 saturated carbocycles. The number of rotatable bonds is 8. The quantitative estimate of drug-likeness (QED) is 0.715. The second kappa shape index (κ2) is 9.92. The molecule has 4 rings (SSSR count). The van der Waals surface area contributed by atoms with Gasteiger partial charge in [-0.3, -0.25) is 4.90 Å². The van der Waals surface area contributed by atoms with Crippen LogP contribution in [0.1, 0.15) is 36.8 Å². The fourth-order valence-corrected chi connectivity index (χ4v) is 5.52. The van der Waals surface area contributed by atoms with Crippen LogP contribution in [0.2, 0.25) is 0 Å². The van der Waals surface area contributed by atoms with E-state index >= 15 is 0 Å². The van der Waals surface area contributed by atoms with Crippen LogP contribution in [0.15, 0.2) is 29.8 Å². The second-order valence-electron chi connectivity index (χ2n) is 8.22. The maximum absolute atomic E-state index is 5.54. The Morgan fingerprint density at radius 3 is 2.86 bits per heavy atom. The van der Waals surface area contributed by atoms with Crippen LogP contribution >= 0.6 is 11.3 Å². The number of benzene rings is 1. The molecule has 0 spiro atoms. The van der Waals surface area contributed by atoms with Crippen molar-refractivity contribution in [3.63, 3.8) is 0 Å². The molecule has 1 saturated heterocycles. The number of hydrogen-bond acceptors (Lipinski definition) is 6. The van der Waals surface area contributed by atoms with Crippen LogP contribution < -0.4 is 15.0 Å². The van der Waals surface area contributed by atoms with Crippen molar-refractivity contribution in [3.8, 4) is 5.75 Å². The van der Waals surface area contributed by atoms with E-state index < -0.39 is 0 Å². The third kappa shape index (κ3) is 5.11.